The van der Waals surface area contributed by atoms with Crippen LogP contribution in [0.15, 0.2) is 36.5 Å². The number of allylic oxidation sites excluding steroid dienone is 6. The van der Waals surface area contributed by atoms with Gasteiger partial charge in [0.1, 0.15) is 6.10 Å². The molecule has 3 nitrogen and oxygen atoms in total. The molecule has 252 valence electrons. The third-order valence-electron chi connectivity index (χ3n) is 9.57. The van der Waals surface area contributed by atoms with Crippen molar-refractivity contribution in [1.29, 1.82) is 0 Å². The summed E-state index contributed by atoms with van der Waals surface area (Å²) < 4.78 is 6.42. The Kier molecular flexibility index (Phi) is 27.3. The number of unbranched alkanes of at least 4 members (excludes halogenated alkanes) is 11. The minimum atomic E-state index is -0.0535. The van der Waals surface area contributed by atoms with E-state index in [1.165, 1.54) is 83.5 Å². The lowest BCUT2D eigenvalue weighted by Crippen LogP contribution is -2.45. The normalized spacial score (nSPS) is 14.2. The molecule has 0 radical (unpaired) electrons. The molecule has 0 aromatic rings. The van der Waals surface area contributed by atoms with Gasteiger partial charge in [0.2, 0.25) is 0 Å². The first-order chi connectivity index (χ1) is 20.7. The Labute approximate surface area is 270 Å². The van der Waals surface area contributed by atoms with Crippen LogP contribution in [0.25, 0.3) is 0 Å². The van der Waals surface area contributed by atoms with Crippen LogP contribution < -0.4 is 0 Å². The van der Waals surface area contributed by atoms with E-state index in [4.69, 9.17) is 4.74 Å². The lowest BCUT2D eigenvalue weighted by Gasteiger charge is -2.38. The van der Waals surface area contributed by atoms with Gasteiger partial charge in [-0.05, 0) is 130 Å². The molecule has 0 amide bonds. The molecule has 0 saturated heterocycles. The molecular weight excluding hydrogens is 526 g/mol. The van der Waals surface area contributed by atoms with Gasteiger partial charge < -0.3 is 9.64 Å². The number of carbonyl (C=O) groups is 1. The molecule has 2 atom stereocenters. The van der Waals surface area contributed by atoms with Crippen molar-refractivity contribution in [2.75, 3.05) is 14.1 Å². The first-order valence-electron chi connectivity index (χ1n) is 18.5. The Bertz CT molecular complexity index is 694. The molecule has 0 bridgehead atoms. The highest BCUT2D eigenvalue weighted by Gasteiger charge is 2.32. The molecule has 0 aliphatic rings. The summed E-state index contributed by atoms with van der Waals surface area (Å²) >= 11 is 0. The van der Waals surface area contributed by atoms with Gasteiger partial charge in [-0.2, -0.15) is 0 Å². The van der Waals surface area contributed by atoms with Crippen LogP contribution in [-0.2, 0) is 9.53 Å². The number of nitrogens with zero attached hydrogens (tertiary/aromatic N) is 1. The van der Waals surface area contributed by atoms with Crippen molar-refractivity contribution < 1.29 is 9.53 Å². The summed E-state index contributed by atoms with van der Waals surface area (Å²) in [5.74, 6) is 0.635. The number of ether oxygens (including phenoxy) is 1. The van der Waals surface area contributed by atoms with Crippen LogP contribution in [0.4, 0.5) is 0 Å². The van der Waals surface area contributed by atoms with E-state index in [9.17, 15) is 4.79 Å². The van der Waals surface area contributed by atoms with Gasteiger partial charge in [-0.1, -0.05) is 103 Å². The SMILES string of the molecule is CCCCC/C=C\CCCC(CCC/C=C\CCCCC)C(CC/C=C\CCCCC)OC(=O)CC(C)C(C)(C)N(C)C. The predicted molar refractivity (Wildman–Crippen MR) is 192 cm³/mol. The lowest BCUT2D eigenvalue weighted by atomic mass is 9.85. The van der Waals surface area contributed by atoms with Crippen LogP contribution in [0, 0.1) is 11.8 Å². The largest absolute Gasteiger partial charge is 0.462 e. The second-order valence-corrected chi connectivity index (χ2v) is 13.8. The maximum Gasteiger partial charge on any atom is 0.306 e. The Morgan fingerprint density at radius 1 is 0.628 bits per heavy atom. The van der Waals surface area contributed by atoms with Gasteiger partial charge in [0.25, 0.3) is 0 Å². The smallest absolute Gasteiger partial charge is 0.306 e. The molecule has 3 heteroatoms. The van der Waals surface area contributed by atoms with Gasteiger partial charge in [-0.3, -0.25) is 4.79 Å². The van der Waals surface area contributed by atoms with E-state index in [0.717, 1.165) is 44.9 Å². The predicted octanol–water partition coefficient (Wildman–Crippen LogP) is 12.4. The van der Waals surface area contributed by atoms with E-state index >= 15 is 0 Å². The highest BCUT2D eigenvalue weighted by Crippen LogP contribution is 2.29. The average Bonchev–Trinajstić information content (AvgIpc) is 2.97. The Balaban J connectivity index is 5.44. The number of esters is 1. The summed E-state index contributed by atoms with van der Waals surface area (Å²) in [6, 6.07) is 0. The maximum absolute atomic E-state index is 13.4. The third-order valence-corrected chi connectivity index (χ3v) is 9.57. The quantitative estimate of drug-likeness (QED) is 0.0485. The standard InChI is InChI=1S/C40H75NO2/c1-9-12-15-18-21-24-26-29-32-37(33-30-27-25-22-19-16-13-10-2)38(34-31-28-23-20-17-14-11-3)43-39(42)35-36(4)40(5,6)41(7)8/h21-25,28,36-38H,9-20,26-27,29-35H2,1-8H3/b24-21-,25-22-,28-23-. The van der Waals surface area contributed by atoms with Gasteiger partial charge in [0, 0.05) is 12.0 Å². The molecule has 0 fully saturated rings. The van der Waals surface area contributed by atoms with E-state index in [2.05, 4.69) is 97.0 Å². The van der Waals surface area contributed by atoms with Crippen molar-refractivity contribution in [2.24, 2.45) is 11.8 Å². The van der Waals surface area contributed by atoms with Gasteiger partial charge >= 0.3 is 5.97 Å². The zero-order valence-corrected chi connectivity index (χ0v) is 30.3. The van der Waals surface area contributed by atoms with E-state index in [0.29, 0.717) is 12.3 Å². The van der Waals surface area contributed by atoms with Crippen molar-refractivity contribution >= 4 is 5.97 Å². The first-order valence-corrected chi connectivity index (χ1v) is 18.5. The molecule has 0 aromatic heterocycles. The fourth-order valence-electron chi connectivity index (χ4n) is 5.56. The molecule has 0 aliphatic heterocycles. The second-order valence-electron chi connectivity index (χ2n) is 13.8. The molecular formula is C40H75NO2. The minimum Gasteiger partial charge on any atom is -0.462 e. The maximum atomic E-state index is 13.4. The van der Waals surface area contributed by atoms with E-state index in [1.54, 1.807) is 0 Å². The summed E-state index contributed by atoms with van der Waals surface area (Å²) in [5.41, 5.74) is -0.0535. The highest BCUT2D eigenvalue weighted by molar-refractivity contribution is 5.70. The Morgan fingerprint density at radius 2 is 1.02 bits per heavy atom. The van der Waals surface area contributed by atoms with Gasteiger partial charge in [0.15, 0.2) is 0 Å². The molecule has 0 spiro atoms. The van der Waals surface area contributed by atoms with Crippen molar-refractivity contribution in [2.45, 2.75) is 188 Å². The molecule has 0 rings (SSSR count). The van der Waals surface area contributed by atoms with E-state index < -0.39 is 0 Å². The summed E-state index contributed by atoms with van der Waals surface area (Å²) in [6.45, 7) is 13.4. The number of hydrogen-bond donors (Lipinski definition) is 0. The minimum absolute atomic E-state index is 0.00419. The summed E-state index contributed by atoms with van der Waals surface area (Å²) in [4.78, 5) is 15.6. The summed E-state index contributed by atoms with van der Waals surface area (Å²) in [5, 5.41) is 0. The third kappa shape index (κ3) is 22.8. The van der Waals surface area contributed by atoms with Crippen molar-refractivity contribution in [3.05, 3.63) is 36.5 Å². The second kappa shape index (κ2) is 28.1. The molecule has 2 unspecified atom stereocenters. The Hall–Kier alpha value is -1.35. The zero-order valence-electron chi connectivity index (χ0n) is 30.3. The first kappa shape index (κ1) is 41.7. The molecule has 0 saturated carbocycles. The van der Waals surface area contributed by atoms with Crippen molar-refractivity contribution in [3.63, 3.8) is 0 Å². The van der Waals surface area contributed by atoms with Crippen molar-refractivity contribution in [1.82, 2.24) is 4.90 Å². The van der Waals surface area contributed by atoms with Crippen LogP contribution in [0.2, 0.25) is 0 Å². The molecule has 0 aliphatic carbocycles. The van der Waals surface area contributed by atoms with Crippen LogP contribution >= 0.6 is 0 Å². The topological polar surface area (TPSA) is 29.5 Å². The monoisotopic (exact) mass is 602 g/mol. The van der Waals surface area contributed by atoms with Crippen LogP contribution in [-0.4, -0.2) is 36.6 Å². The molecule has 43 heavy (non-hydrogen) atoms. The number of carbonyl (C=O) groups excluding carboxylic acids is 1. The highest BCUT2D eigenvalue weighted by atomic mass is 16.5. The van der Waals surface area contributed by atoms with Crippen molar-refractivity contribution in [3.8, 4) is 0 Å². The van der Waals surface area contributed by atoms with Gasteiger partial charge in [0.05, 0.1) is 0 Å². The van der Waals surface area contributed by atoms with Crippen LogP contribution in [0.1, 0.15) is 176 Å². The van der Waals surface area contributed by atoms with Gasteiger partial charge in [-0.25, -0.2) is 0 Å². The van der Waals surface area contributed by atoms with Gasteiger partial charge in [-0.15, -0.1) is 0 Å². The zero-order chi connectivity index (χ0) is 32.2. The fraction of sp³-hybridized carbons (Fsp3) is 0.825. The summed E-state index contributed by atoms with van der Waals surface area (Å²) in [6.07, 6.45) is 38.7. The number of rotatable bonds is 29. The molecule has 0 heterocycles. The molecule has 0 aromatic carbocycles. The lowest BCUT2D eigenvalue weighted by molar-refractivity contribution is -0.154. The molecule has 0 N–H and O–H groups in total. The van der Waals surface area contributed by atoms with Crippen LogP contribution in [0.5, 0.6) is 0 Å². The van der Waals surface area contributed by atoms with Crippen LogP contribution in [0.3, 0.4) is 0 Å². The van der Waals surface area contributed by atoms with E-state index in [-0.39, 0.29) is 23.5 Å². The summed E-state index contributed by atoms with van der Waals surface area (Å²) in [7, 11) is 4.20. The van der Waals surface area contributed by atoms with E-state index in [1.807, 2.05) is 0 Å². The fourth-order valence-corrected chi connectivity index (χ4v) is 5.56. The number of hydrogen-bond acceptors (Lipinski definition) is 3. The Morgan fingerprint density at radius 3 is 1.42 bits per heavy atom. The average molecular weight is 602 g/mol.